The lowest BCUT2D eigenvalue weighted by molar-refractivity contribution is -0.150. The molecule has 1 aromatic heterocycles. The molecule has 168 valence electrons. The molecule has 2 atom stereocenters. The number of aromatic nitrogens is 2. The Labute approximate surface area is 187 Å². The summed E-state index contributed by atoms with van der Waals surface area (Å²) < 4.78 is 7.80. The van der Waals surface area contributed by atoms with Crippen molar-refractivity contribution in [1.82, 2.24) is 15.0 Å². The summed E-state index contributed by atoms with van der Waals surface area (Å²) in [5.74, 6) is 0.427. The third-order valence-corrected chi connectivity index (χ3v) is 6.41. The fraction of sp³-hybridized carbons (Fsp3) is 0.458. The maximum absolute atomic E-state index is 13.1. The fourth-order valence-corrected chi connectivity index (χ4v) is 4.42. The topological polar surface area (TPSA) is 88.5 Å². The summed E-state index contributed by atoms with van der Waals surface area (Å²) in [5.41, 5.74) is 0.462. The maximum atomic E-state index is 13.1. The van der Waals surface area contributed by atoms with Gasteiger partial charge in [0.2, 0.25) is 5.95 Å². The fourth-order valence-electron chi connectivity index (χ4n) is 4.42. The average Bonchev–Trinajstić information content (AvgIpc) is 3.58. The van der Waals surface area contributed by atoms with Gasteiger partial charge in [-0.05, 0) is 37.7 Å². The maximum Gasteiger partial charge on any atom is 0.274 e. The van der Waals surface area contributed by atoms with E-state index >= 15 is 0 Å². The van der Waals surface area contributed by atoms with Crippen LogP contribution in [-0.4, -0.2) is 34.3 Å². The number of carbonyl (C=O) groups excluding carboxylic acids is 1. The molecule has 8 heteroatoms. The number of fused-ring (bicyclic) bond motifs is 1. The first kappa shape index (κ1) is 20.8. The number of nitrogens with one attached hydrogen (secondary N) is 2. The molecule has 1 aromatic carbocycles. The molecule has 1 fully saturated rings. The van der Waals surface area contributed by atoms with Gasteiger partial charge in [-0.1, -0.05) is 42.5 Å². The minimum Gasteiger partial charge on any atom is -0.359 e. The number of ether oxygens (including phenoxy) is 1. The molecule has 0 saturated heterocycles. The molecule has 0 bridgehead atoms. The van der Waals surface area contributed by atoms with Gasteiger partial charge in [0.15, 0.2) is 5.60 Å². The largest absolute Gasteiger partial charge is 0.359 e. The predicted octanol–water partition coefficient (Wildman–Crippen LogP) is 2.60. The Morgan fingerprint density at radius 1 is 1.28 bits per heavy atom. The summed E-state index contributed by atoms with van der Waals surface area (Å²) in [4.78, 5) is 30.6. The second-order valence-corrected chi connectivity index (χ2v) is 8.85. The molecule has 1 aliphatic heterocycles. The van der Waals surface area contributed by atoms with Crippen LogP contribution in [0.5, 0.6) is 0 Å². The Morgan fingerprint density at radius 3 is 2.88 bits per heavy atom. The van der Waals surface area contributed by atoms with Gasteiger partial charge in [-0.25, -0.2) is 4.98 Å². The zero-order valence-electron chi connectivity index (χ0n) is 18.3. The molecule has 0 radical (unpaired) electrons. The van der Waals surface area contributed by atoms with Crippen molar-refractivity contribution >= 4 is 11.9 Å². The van der Waals surface area contributed by atoms with E-state index in [1.165, 1.54) is 10.7 Å². The Morgan fingerprint density at radius 2 is 2.09 bits per heavy atom. The number of hydrogen-bond donors (Lipinski definition) is 2. The van der Waals surface area contributed by atoms with Gasteiger partial charge in [0, 0.05) is 25.6 Å². The summed E-state index contributed by atoms with van der Waals surface area (Å²) >= 11 is 0. The molecule has 0 spiro atoms. The number of anilines is 1. The van der Waals surface area contributed by atoms with Crippen LogP contribution in [-0.2, 0) is 16.1 Å². The molecule has 2 N–H and O–H groups in total. The van der Waals surface area contributed by atoms with Crippen LogP contribution in [0.15, 0.2) is 53.3 Å². The van der Waals surface area contributed by atoms with Crippen LogP contribution < -0.4 is 21.2 Å². The minimum atomic E-state index is -0.913. The standard InChI is InChI=1S/C24H29N5O3/c1-28-21(17-9-5-4-6-10-17)27-23-26-19(15-20(30)29(23)28)16-32-24(13-7-2-3-8-14-24)22(31)25-18-11-12-18/h2,4-7,9-10,15,18,21H,3,8,11-14,16H2,1H3,(H,25,31)(H,26,27). The van der Waals surface area contributed by atoms with Crippen molar-refractivity contribution in [2.75, 3.05) is 17.4 Å². The van der Waals surface area contributed by atoms with Gasteiger partial charge < -0.3 is 15.4 Å². The number of hydrogen-bond acceptors (Lipinski definition) is 6. The zero-order valence-corrected chi connectivity index (χ0v) is 18.3. The number of carbonyl (C=O) groups is 1. The summed E-state index contributed by atoms with van der Waals surface area (Å²) in [7, 11) is 1.86. The van der Waals surface area contributed by atoms with Crippen LogP contribution in [0.4, 0.5) is 5.95 Å². The van der Waals surface area contributed by atoms with Crippen molar-refractivity contribution in [3.05, 3.63) is 70.2 Å². The Kier molecular flexibility index (Phi) is 5.46. The number of benzene rings is 1. The highest BCUT2D eigenvalue weighted by molar-refractivity contribution is 5.86. The highest BCUT2D eigenvalue weighted by atomic mass is 16.5. The second kappa shape index (κ2) is 8.43. The Balaban J connectivity index is 1.36. The lowest BCUT2D eigenvalue weighted by Crippen LogP contribution is -2.49. The third-order valence-electron chi connectivity index (χ3n) is 6.41. The SMILES string of the molecule is CN1C(c2ccccc2)Nc2nc(COC3(C(=O)NC4CC4)CC=CCCC3)cc(=O)n21. The van der Waals surface area contributed by atoms with Crippen molar-refractivity contribution in [3.63, 3.8) is 0 Å². The predicted molar refractivity (Wildman–Crippen MR) is 122 cm³/mol. The van der Waals surface area contributed by atoms with Crippen LogP contribution in [0, 0.1) is 0 Å². The Bertz CT molecular complexity index is 1080. The van der Waals surface area contributed by atoms with Gasteiger partial charge in [-0.2, -0.15) is 4.68 Å². The van der Waals surface area contributed by atoms with Crippen LogP contribution in [0.3, 0.4) is 0 Å². The van der Waals surface area contributed by atoms with E-state index in [1.54, 1.807) is 0 Å². The van der Waals surface area contributed by atoms with Crippen molar-refractivity contribution in [3.8, 4) is 0 Å². The van der Waals surface area contributed by atoms with E-state index in [2.05, 4.69) is 21.7 Å². The molecule has 2 unspecified atom stereocenters. The van der Waals surface area contributed by atoms with Gasteiger partial charge in [0.1, 0.15) is 6.17 Å². The van der Waals surface area contributed by atoms with E-state index in [4.69, 9.17) is 4.74 Å². The van der Waals surface area contributed by atoms with Gasteiger partial charge in [0.25, 0.3) is 11.5 Å². The van der Waals surface area contributed by atoms with E-state index in [0.717, 1.165) is 31.2 Å². The summed E-state index contributed by atoms with van der Waals surface area (Å²) in [6.07, 6.45) is 9.04. The first-order chi connectivity index (χ1) is 15.6. The molecule has 5 rings (SSSR count). The van der Waals surface area contributed by atoms with E-state index in [0.29, 0.717) is 24.5 Å². The van der Waals surface area contributed by atoms with E-state index in [9.17, 15) is 9.59 Å². The molecule has 3 aliphatic rings. The average molecular weight is 436 g/mol. The molecule has 2 heterocycles. The quantitative estimate of drug-likeness (QED) is 0.678. The van der Waals surface area contributed by atoms with Crippen molar-refractivity contribution in [1.29, 1.82) is 0 Å². The first-order valence-corrected chi connectivity index (χ1v) is 11.3. The summed E-state index contributed by atoms with van der Waals surface area (Å²) in [6, 6.07) is 11.7. The van der Waals surface area contributed by atoms with Crippen LogP contribution in [0.1, 0.15) is 55.9 Å². The first-order valence-electron chi connectivity index (χ1n) is 11.3. The monoisotopic (exact) mass is 435 g/mol. The summed E-state index contributed by atoms with van der Waals surface area (Å²) in [5, 5.41) is 8.27. The molecule has 1 saturated carbocycles. The number of allylic oxidation sites excluding steroid dienone is 1. The number of nitrogens with zero attached hydrogens (tertiary/aromatic N) is 3. The molecule has 1 amide bonds. The molecule has 2 aromatic rings. The highest BCUT2D eigenvalue weighted by Gasteiger charge is 2.41. The van der Waals surface area contributed by atoms with E-state index < -0.39 is 5.60 Å². The molecule has 8 nitrogen and oxygen atoms in total. The normalized spacial score (nSPS) is 24.5. The lowest BCUT2D eigenvalue weighted by atomic mass is 9.93. The van der Waals surface area contributed by atoms with Crippen LogP contribution in [0.25, 0.3) is 0 Å². The lowest BCUT2D eigenvalue weighted by Gasteiger charge is -2.31. The smallest absolute Gasteiger partial charge is 0.274 e. The minimum absolute atomic E-state index is 0.0496. The highest BCUT2D eigenvalue weighted by Crippen LogP contribution is 2.31. The van der Waals surface area contributed by atoms with Crippen molar-refractivity contribution in [2.24, 2.45) is 0 Å². The second-order valence-electron chi connectivity index (χ2n) is 8.85. The molecular weight excluding hydrogens is 406 g/mol. The number of rotatable bonds is 6. The molecular formula is C24H29N5O3. The molecule has 32 heavy (non-hydrogen) atoms. The van der Waals surface area contributed by atoms with Crippen LogP contribution in [0.2, 0.25) is 0 Å². The molecule has 2 aliphatic carbocycles. The zero-order chi connectivity index (χ0) is 22.1. The Hall–Kier alpha value is -3.13. The van der Waals surface area contributed by atoms with Gasteiger partial charge in [-0.15, -0.1) is 0 Å². The van der Waals surface area contributed by atoms with Crippen molar-refractivity contribution < 1.29 is 9.53 Å². The van der Waals surface area contributed by atoms with E-state index in [1.807, 2.05) is 48.5 Å². The van der Waals surface area contributed by atoms with E-state index in [-0.39, 0.29) is 30.3 Å². The van der Waals surface area contributed by atoms with Crippen molar-refractivity contribution in [2.45, 2.75) is 62.9 Å². The number of amides is 1. The van der Waals surface area contributed by atoms with Crippen LogP contribution >= 0.6 is 0 Å². The summed E-state index contributed by atoms with van der Waals surface area (Å²) in [6.45, 7) is 0.108. The van der Waals surface area contributed by atoms with Gasteiger partial charge in [0.05, 0.1) is 12.3 Å². The van der Waals surface area contributed by atoms with Gasteiger partial charge >= 0.3 is 0 Å². The van der Waals surface area contributed by atoms with Gasteiger partial charge in [-0.3, -0.25) is 14.6 Å². The third kappa shape index (κ3) is 4.02.